The zero-order valence-corrected chi connectivity index (χ0v) is 33.1. The van der Waals surface area contributed by atoms with Crippen LogP contribution in [-0.4, -0.2) is 67.6 Å². The number of carbonyl (C=O) groups is 4. The molecule has 0 radical (unpaired) electrons. The predicted octanol–water partition coefficient (Wildman–Crippen LogP) is 5.64. The third-order valence-corrected chi connectivity index (χ3v) is 11.6. The number of pyridine rings is 1. The molecule has 0 aliphatic carbocycles. The summed E-state index contributed by atoms with van der Waals surface area (Å²) < 4.78 is 3.41. The van der Waals surface area contributed by atoms with Crippen molar-refractivity contribution in [3.05, 3.63) is 83.4 Å². The molecular formula is C43H54N10O4. The minimum absolute atomic E-state index is 0.0267. The van der Waals surface area contributed by atoms with Gasteiger partial charge < -0.3 is 21.3 Å². The molecule has 2 aliphatic rings. The number of rotatable bonds is 17. The third-order valence-electron chi connectivity index (χ3n) is 11.6. The van der Waals surface area contributed by atoms with Crippen molar-refractivity contribution in [3.63, 3.8) is 0 Å². The van der Waals surface area contributed by atoms with Crippen LogP contribution < -0.4 is 26.6 Å². The lowest BCUT2D eigenvalue weighted by Gasteiger charge is -2.26. The fraction of sp³-hybridized carbons (Fsp3) is 0.465. The second-order valence-corrected chi connectivity index (χ2v) is 15.9. The molecule has 0 bridgehead atoms. The third kappa shape index (κ3) is 9.17. The van der Waals surface area contributed by atoms with Crippen LogP contribution in [0.2, 0.25) is 0 Å². The van der Waals surface area contributed by atoms with Crippen molar-refractivity contribution >= 4 is 51.6 Å². The van der Waals surface area contributed by atoms with E-state index in [0.717, 1.165) is 93.0 Å². The van der Waals surface area contributed by atoms with E-state index in [-0.39, 0.29) is 34.9 Å². The summed E-state index contributed by atoms with van der Waals surface area (Å²) in [5, 5.41) is 18.3. The molecule has 4 amide bonds. The highest BCUT2D eigenvalue weighted by Gasteiger charge is 2.36. The molecular weight excluding hydrogens is 721 g/mol. The first-order valence-electron chi connectivity index (χ1n) is 20.4. The first kappa shape index (κ1) is 39.6. The van der Waals surface area contributed by atoms with Crippen LogP contribution in [0, 0.1) is 0 Å². The maximum atomic E-state index is 13.0. The van der Waals surface area contributed by atoms with Crippen LogP contribution >= 0.6 is 0 Å². The number of unbranched alkanes of at least 4 members (excludes halogenated alkanes) is 7. The lowest BCUT2D eigenvalue weighted by Crippen LogP contribution is -2.39. The van der Waals surface area contributed by atoms with Gasteiger partial charge in [0.05, 0.1) is 29.0 Å². The van der Waals surface area contributed by atoms with Gasteiger partial charge in [-0.3, -0.25) is 29.2 Å². The Morgan fingerprint density at radius 3 is 2.47 bits per heavy atom. The summed E-state index contributed by atoms with van der Waals surface area (Å²) in [6, 6.07) is 18.3. The van der Waals surface area contributed by atoms with Crippen LogP contribution in [0.25, 0.3) is 16.6 Å². The van der Waals surface area contributed by atoms with Crippen molar-refractivity contribution in [2.24, 2.45) is 12.8 Å². The average Bonchev–Trinajstić information content (AvgIpc) is 3.92. The quantitative estimate of drug-likeness (QED) is 0.0687. The van der Waals surface area contributed by atoms with Crippen LogP contribution in [0.1, 0.15) is 117 Å². The van der Waals surface area contributed by atoms with Crippen molar-refractivity contribution in [1.82, 2.24) is 35.0 Å². The Morgan fingerprint density at radius 2 is 1.72 bits per heavy atom. The molecule has 57 heavy (non-hydrogen) atoms. The molecule has 5 N–H and O–H groups in total. The number of benzene rings is 2. The second-order valence-electron chi connectivity index (χ2n) is 15.9. The van der Waals surface area contributed by atoms with E-state index in [1.807, 2.05) is 31.4 Å². The predicted molar refractivity (Wildman–Crippen MR) is 220 cm³/mol. The number of carbonyl (C=O) groups excluding carboxylic acids is 4. The summed E-state index contributed by atoms with van der Waals surface area (Å²) in [6.45, 7) is 5.00. The van der Waals surface area contributed by atoms with Crippen molar-refractivity contribution in [2.45, 2.75) is 102 Å². The smallest absolute Gasteiger partial charge is 0.290 e. The van der Waals surface area contributed by atoms with Gasteiger partial charge in [-0.1, -0.05) is 75.8 Å². The summed E-state index contributed by atoms with van der Waals surface area (Å²) in [4.78, 5) is 56.6. The topological polar surface area (TPSA) is 182 Å². The second kappa shape index (κ2) is 17.7. The molecule has 0 saturated carbocycles. The van der Waals surface area contributed by atoms with Crippen LogP contribution in [0.15, 0.2) is 60.8 Å². The van der Waals surface area contributed by atoms with Crippen LogP contribution in [0.3, 0.4) is 0 Å². The number of nitrogens with zero attached hydrogens (tertiary/aromatic N) is 6. The van der Waals surface area contributed by atoms with Gasteiger partial charge in [-0.15, -0.1) is 5.10 Å². The van der Waals surface area contributed by atoms with E-state index >= 15 is 0 Å². The summed E-state index contributed by atoms with van der Waals surface area (Å²) in [5.74, 6) is -1.18. The van der Waals surface area contributed by atoms with E-state index < -0.39 is 5.92 Å². The number of piperidine rings is 1. The molecule has 2 fully saturated rings. The molecule has 5 aromatic rings. The molecule has 7 rings (SSSR count). The maximum Gasteiger partial charge on any atom is 0.290 e. The van der Waals surface area contributed by atoms with Crippen LogP contribution in [0.5, 0.6) is 0 Å². The standard InChI is InChI=1S/C43H54N10O4/c1-43(30-14-10-9-11-15-30)21-23-52(28-43)32-24-29(26-44)40-48-39(50-53(40)27-32)42(57)45-22-13-8-6-4-3-5-7-12-16-36(54)46-31-17-18-33-35(25-31)51(2)49-38(33)34-19-20-37(55)47-41(34)56/h9-11,14-15,17-18,24-25,27,34H,3-8,12-13,16,19-23,26,28,44H2,1-2H3,(H,45,57)(H,46,54)(H,47,55,56)/t34?,43-/m0/s1. The average molecular weight is 775 g/mol. The van der Waals surface area contributed by atoms with Gasteiger partial charge in [0.1, 0.15) is 0 Å². The van der Waals surface area contributed by atoms with Crippen molar-refractivity contribution in [3.8, 4) is 0 Å². The molecule has 2 aliphatic heterocycles. The summed E-state index contributed by atoms with van der Waals surface area (Å²) in [6.07, 6.45) is 12.3. The zero-order chi connectivity index (χ0) is 39.9. The van der Waals surface area contributed by atoms with Gasteiger partial charge in [0.15, 0.2) is 5.65 Å². The molecule has 2 saturated heterocycles. The first-order valence-corrected chi connectivity index (χ1v) is 20.4. The van der Waals surface area contributed by atoms with Crippen LogP contribution in [-0.2, 0) is 33.4 Å². The lowest BCUT2D eigenvalue weighted by molar-refractivity contribution is -0.134. The number of anilines is 2. The van der Waals surface area contributed by atoms with Crippen molar-refractivity contribution in [1.29, 1.82) is 0 Å². The number of fused-ring (bicyclic) bond motifs is 2. The van der Waals surface area contributed by atoms with Gasteiger partial charge in [0.2, 0.25) is 23.5 Å². The Bertz CT molecular complexity index is 2250. The van der Waals surface area contributed by atoms with E-state index in [0.29, 0.717) is 49.4 Å². The molecule has 3 aromatic heterocycles. The maximum absolute atomic E-state index is 13.0. The molecule has 2 aromatic carbocycles. The summed E-state index contributed by atoms with van der Waals surface area (Å²) in [7, 11) is 1.81. The molecule has 14 nitrogen and oxygen atoms in total. The molecule has 14 heteroatoms. The number of amides is 4. The Balaban J connectivity index is 0.771. The number of nitrogens with two attached hydrogens (primary N) is 1. The van der Waals surface area contributed by atoms with Gasteiger partial charge in [-0.05, 0) is 55.5 Å². The van der Waals surface area contributed by atoms with Gasteiger partial charge in [-0.2, -0.15) is 5.10 Å². The monoisotopic (exact) mass is 774 g/mol. The largest absolute Gasteiger partial charge is 0.369 e. The van der Waals surface area contributed by atoms with Gasteiger partial charge in [-0.25, -0.2) is 9.50 Å². The Morgan fingerprint density at radius 1 is 0.965 bits per heavy atom. The fourth-order valence-electron chi connectivity index (χ4n) is 8.27. The number of imide groups is 1. The van der Waals surface area contributed by atoms with E-state index in [4.69, 9.17) is 5.73 Å². The highest BCUT2D eigenvalue weighted by molar-refractivity contribution is 6.03. The molecule has 1 unspecified atom stereocenters. The minimum Gasteiger partial charge on any atom is -0.369 e. The lowest BCUT2D eigenvalue weighted by atomic mass is 9.82. The number of hydrogen-bond acceptors (Lipinski definition) is 9. The number of aryl methyl sites for hydroxylation is 1. The van der Waals surface area contributed by atoms with Gasteiger partial charge in [0, 0.05) is 68.1 Å². The highest BCUT2D eigenvalue weighted by Crippen LogP contribution is 2.37. The fourth-order valence-corrected chi connectivity index (χ4v) is 8.27. The van der Waals surface area contributed by atoms with Crippen molar-refractivity contribution in [2.75, 3.05) is 29.9 Å². The Kier molecular flexibility index (Phi) is 12.3. The Labute approximate surface area is 333 Å². The number of nitrogens with one attached hydrogen (secondary N) is 3. The van der Waals surface area contributed by atoms with Crippen LogP contribution in [0.4, 0.5) is 11.4 Å². The molecule has 2 atom stereocenters. The van der Waals surface area contributed by atoms with Gasteiger partial charge >= 0.3 is 0 Å². The van der Waals surface area contributed by atoms with Gasteiger partial charge in [0.25, 0.3) is 5.91 Å². The normalized spacial score (nSPS) is 18.4. The van der Waals surface area contributed by atoms with E-state index in [1.165, 1.54) is 5.56 Å². The Hall–Kier alpha value is -5.63. The van der Waals surface area contributed by atoms with Crippen molar-refractivity contribution < 1.29 is 19.2 Å². The number of hydrogen-bond donors (Lipinski definition) is 4. The van der Waals surface area contributed by atoms with E-state index in [1.54, 1.807) is 9.20 Å². The summed E-state index contributed by atoms with van der Waals surface area (Å²) in [5.41, 5.74) is 12.2. The minimum atomic E-state index is -0.466. The highest BCUT2D eigenvalue weighted by atomic mass is 16.2. The first-order chi connectivity index (χ1) is 27.6. The SMILES string of the molecule is Cn1nc(C2CCC(=O)NC2=O)c2ccc(NC(=O)CCCCCCCCCCNC(=O)c3nc4c(CN)cc(N5CC[C@](C)(c6ccccc6)C5)cn4n3)cc21. The van der Waals surface area contributed by atoms with E-state index in [2.05, 4.69) is 79.4 Å². The molecule has 5 heterocycles. The zero-order valence-electron chi connectivity index (χ0n) is 33.1. The molecule has 300 valence electrons. The number of aromatic nitrogens is 5. The summed E-state index contributed by atoms with van der Waals surface area (Å²) >= 11 is 0. The van der Waals surface area contributed by atoms with E-state index in [9.17, 15) is 19.2 Å². The molecule has 0 spiro atoms.